The van der Waals surface area contributed by atoms with Gasteiger partial charge in [0.1, 0.15) is 6.61 Å². The van der Waals surface area contributed by atoms with E-state index in [0.29, 0.717) is 5.92 Å². The first kappa shape index (κ1) is 21.6. The molecule has 0 atom stereocenters. The van der Waals surface area contributed by atoms with Crippen molar-refractivity contribution in [2.24, 2.45) is 11.1 Å². The topological polar surface area (TPSA) is 30.8 Å². The van der Waals surface area contributed by atoms with E-state index in [4.69, 9.17) is 9.57 Å². The van der Waals surface area contributed by atoms with Gasteiger partial charge in [-0.3, -0.25) is 0 Å². The average Bonchev–Trinajstić information content (AvgIpc) is 2.77. The number of hydrogen-bond acceptors (Lipinski definition) is 3. The second kappa shape index (κ2) is 11.1. The van der Waals surface area contributed by atoms with Gasteiger partial charge in [-0.15, -0.1) is 0 Å². The molecule has 0 N–H and O–H groups in total. The zero-order valence-electron chi connectivity index (χ0n) is 17.6. The number of nitrogens with zero attached hydrogens (tertiary/aromatic N) is 1. The smallest absolute Gasteiger partial charge is 0.165 e. The van der Waals surface area contributed by atoms with Crippen LogP contribution in [0.4, 0.5) is 4.39 Å². The Kier molecular flexibility index (Phi) is 8.02. The first-order valence-electron chi connectivity index (χ1n) is 10.4. The molecule has 3 aromatic carbocycles. The maximum absolute atomic E-state index is 13.6. The summed E-state index contributed by atoms with van der Waals surface area (Å²) in [5, 5.41) is 4.36. The molecule has 3 nitrogen and oxygen atoms in total. The van der Waals surface area contributed by atoms with Gasteiger partial charge >= 0.3 is 0 Å². The fourth-order valence-corrected chi connectivity index (χ4v) is 3.03. The van der Waals surface area contributed by atoms with Crippen LogP contribution in [-0.2, 0) is 4.84 Å². The second-order valence-corrected chi connectivity index (χ2v) is 7.53. The van der Waals surface area contributed by atoms with Gasteiger partial charge in [0.15, 0.2) is 18.2 Å². The van der Waals surface area contributed by atoms with E-state index < -0.39 is 0 Å². The number of hydrogen-bond donors (Lipinski definition) is 0. The van der Waals surface area contributed by atoms with Crippen LogP contribution in [-0.4, -0.2) is 18.9 Å². The molecule has 0 fully saturated rings. The normalized spacial score (nSPS) is 11.5. The van der Waals surface area contributed by atoms with Crippen molar-refractivity contribution in [3.63, 3.8) is 0 Å². The Morgan fingerprint density at radius 1 is 0.833 bits per heavy atom. The van der Waals surface area contributed by atoms with E-state index in [1.54, 1.807) is 18.2 Å². The molecule has 0 saturated carbocycles. The van der Waals surface area contributed by atoms with E-state index in [0.717, 1.165) is 24.1 Å². The summed E-state index contributed by atoms with van der Waals surface area (Å²) >= 11 is 0. The molecule has 3 rings (SSSR count). The predicted octanol–water partition coefficient (Wildman–Crippen LogP) is 6.73. The van der Waals surface area contributed by atoms with Crippen LogP contribution < -0.4 is 4.74 Å². The summed E-state index contributed by atoms with van der Waals surface area (Å²) < 4.78 is 19.0. The standard InChI is InChI=1S/C26H28FNO2/c1-20(2)12-17-25(28-30-19-18-29-26-11-7-6-10-24(26)27)23-15-13-22(14-16-23)21-8-4-3-5-9-21/h3-11,13-16,20H,12,17-19H2,1-2H3. The number of ether oxygens (including phenoxy) is 1. The van der Waals surface area contributed by atoms with Gasteiger partial charge in [0.25, 0.3) is 0 Å². The molecule has 0 amide bonds. The van der Waals surface area contributed by atoms with Gasteiger partial charge in [-0.25, -0.2) is 4.39 Å². The number of halogens is 1. The first-order valence-corrected chi connectivity index (χ1v) is 10.4. The summed E-state index contributed by atoms with van der Waals surface area (Å²) in [5.74, 6) is 0.418. The molecule has 0 saturated heterocycles. The highest BCUT2D eigenvalue weighted by Gasteiger charge is 2.08. The molecule has 30 heavy (non-hydrogen) atoms. The van der Waals surface area contributed by atoms with E-state index in [1.807, 2.05) is 18.2 Å². The van der Waals surface area contributed by atoms with Gasteiger partial charge in [-0.1, -0.05) is 85.7 Å². The highest BCUT2D eigenvalue weighted by molar-refractivity contribution is 6.00. The monoisotopic (exact) mass is 405 g/mol. The molecule has 0 heterocycles. The molecule has 3 aromatic rings. The fraction of sp³-hybridized carbons (Fsp3) is 0.269. The summed E-state index contributed by atoms with van der Waals surface area (Å²) in [6.45, 7) is 4.87. The molecule has 0 aliphatic carbocycles. The third-order valence-corrected chi connectivity index (χ3v) is 4.73. The van der Waals surface area contributed by atoms with E-state index in [2.05, 4.69) is 55.4 Å². The molecule has 0 aliphatic heterocycles. The lowest BCUT2D eigenvalue weighted by Crippen LogP contribution is -2.08. The Balaban J connectivity index is 1.62. The largest absolute Gasteiger partial charge is 0.487 e. The molecule has 156 valence electrons. The Labute approximate surface area is 178 Å². The number of benzene rings is 3. The lowest BCUT2D eigenvalue weighted by Gasteiger charge is -2.11. The van der Waals surface area contributed by atoms with Crippen molar-refractivity contribution >= 4 is 5.71 Å². The molecule has 4 heteroatoms. The summed E-state index contributed by atoms with van der Waals surface area (Å²) in [6, 6.07) is 25.0. The Bertz CT molecular complexity index is 937. The molecular formula is C26H28FNO2. The number of oxime groups is 1. The Hall–Kier alpha value is -3.14. The maximum Gasteiger partial charge on any atom is 0.165 e. The number of rotatable bonds is 10. The molecule has 0 aliphatic rings. The summed E-state index contributed by atoms with van der Waals surface area (Å²) in [6.07, 6.45) is 1.85. The van der Waals surface area contributed by atoms with Crippen LogP contribution in [0.1, 0.15) is 32.3 Å². The van der Waals surface area contributed by atoms with E-state index in [-0.39, 0.29) is 24.8 Å². The number of para-hydroxylation sites is 1. The van der Waals surface area contributed by atoms with Gasteiger partial charge in [0.05, 0.1) is 5.71 Å². The Morgan fingerprint density at radius 2 is 1.50 bits per heavy atom. The maximum atomic E-state index is 13.6. The lowest BCUT2D eigenvalue weighted by molar-refractivity contribution is 0.105. The van der Waals surface area contributed by atoms with Crippen LogP contribution in [0.15, 0.2) is 84.0 Å². The zero-order valence-corrected chi connectivity index (χ0v) is 17.6. The third kappa shape index (κ3) is 6.45. The summed E-state index contributed by atoms with van der Waals surface area (Å²) in [7, 11) is 0. The van der Waals surface area contributed by atoms with Crippen molar-refractivity contribution in [2.45, 2.75) is 26.7 Å². The van der Waals surface area contributed by atoms with Crippen LogP contribution in [0.2, 0.25) is 0 Å². The van der Waals surface area contributed by atoms with Crippen molar-refractivity contribution in [1.29, 1.82) is 0 Å². The Morgan fingerprint density at radius 3 is 2.20 bits per heavy atom. The minimum atomic E-state index is -0.378. The van der Waals surface area contributed by atoms with Crippen molar-refractivity contribution in [3.05, 3.63) is 90.2 Å². The molecule has 0 spiro atoms. The SMILES string of the molecule is CC(C)CCC(=NOCCOc1ccccc1F)c1ccc(-c2ccccc2)cc1. The minimum Gasteiger partial charge on any atom is -0.487 e. The lowest BCUT2D eigenvalue weighted by atomic mass is 9.98. The molecule has 0 unspecified atom stereocenters. The van der Waals surface area contributed by atoms with Gasteiger partial charge in [-0.05, 0) is 47.6 Å². The quantitative estimate of drug-likeness (QED) is 0.213. The molecule has 0 bridgehead atoms. The van der Waals surface area contributed by atoms with Gasteiger partial charge in [0, 0.05) is 0 Å². The van der Waals surface area contributed by atoms with Crippen LogP contribution in [0, 0.1) is 11.7 Å². The van der Waals surface area contributed by atoms with E-state index in [1.165, 1.54) is 17.2 Å². The highest BCUT2D eigenvalue weighted by atomic mass is 19.1. The fourth-order valence-electron chi connectivity index (χ4n) is 3.03. The van der Waals surface area contributed by atoms with E-state index >= 15 is 0 Å². The molecule has 0 aromatic heterocycles. The summed E-state index contributed by atoms with van der Waals surface area (Å²) in [4.78, 5) is 5.50. The van der Waals surface area contributed by atoms with Crippen LogP contribution in [0.3, 0.4) is 0 Å². The van der Waals surface area contributed by atoms with Crippen LogP contribution in [0.5, 0.6) is 5.75 Å². The zero-order chi connectivity index (χ0) is 21.2. The van der Waals surface area contributed by atoms with Gasteiger partial charge in [-0.2, -0.15) is 0 Å². The second-order valence-electron chi connectivity index (χ2n) is 7.53. The van der Waals surface area contributed by atoms with Gasteiger partial charge in [0.2, 0.25) is 0 Å². The van der Waals surface area contributed by atoms with Crippen molar-refractivity contribution < 1.29 is 14.0 Å². The highest BCUT2D eigenvalue weighted by Crippen LogP contribution is 2.21. The van der Waals surface area contributed by atoms with Crippen LogP contribution >= 0.6 is 0 Å². The molecule has 0 radical (unpaired) electrons. The third-order valence-electron chi connectivity index (χ3n) is 4.73. The predicted molar refractivity (Wildman–Crippen MR) is 120 cm³/mol. The van der Waals surface area contributed by atoms with Crippen molar-refractivity contribution in [2.75, 3.05) is 13.2 Å². The van der Waals surface area contributed by atoms with Gasteiger partial charge < -0.3 is 9.57 Å². The minimum absolute atomic E-state index is 0.224. The average molecular weight is 406 g/mol. The first-order chi connectivity index (χ1) is 14.6. The van der Waals surface area contributed by atoms with E-state index in [9.17, 15) is 4.39 Å². The molecular weight excluding hydrogens is 377 g/mol. The van der Waals surface area contributed by atoms with Crippen molar-refractivity contribution in [3.8, 4) is 16.9 Å². The summed E-state index contributed by atoms with van der Waals surface area (Å²) in [5.41, 5.74) is 4.31. The van der Waals surface area contributed by atoms with Crippen molar-refractivity contribution in [1.82, 2.24) is 0 Å². The van der Waals surface area contributed by atoms with Crippen LogP contribution in [0.25, 0.3) is 11.1 Å².